The fourth-order valence-electron chi connectivity index (χ4n) is 2.86. The van der Waals surface area contributed by atoms with E-state index < -0.39 is 5.60 Å². The van der Waals surface area contributed by atoms with Crippen molar-refractivity contribution >= 4 is 16.7 Å². The number of aromatic nitrogens is 2. The van der Waals surface area contributed by atoms with Crippen molar-refractivity contribution in [1.29, 1.82) is 0 Å². The van der Waals surface area contributed by atoms with Gasteiger partial charge in [-0.3, -0.25) is 9.59 Å². The average Bonchev–Trinajstić information content (AvgIpc) is 2.45. The molecule has 0 saturated carbocycles. The highest BCUT2D eigenvalue weighted by molar-refractivity contribution is 6.05. The van der Waals surface area contributed by atoms with E-state index in [1.54, 1.807) is 29.2 Å². The summed E-state index contributed by atoms with van der Waals surface area (Å²) >= 11 is 0. The number of β-amino-alcohol motifs (C(OH)–C–C–N with tert-alkyl or cyclic N) is 1. The molecule has 1 amide bonds. The zero-order valence-corrected chi connectivity index (χ0v) is 11.8. The van der Waals surface area contributed by atoms with Crippen molar-refractivity contribution in [2.75, 3.05) is 13.1 Å². The first-order valence-electron chi connectivity index (χ1n) is 7.03. The average molecular weight is 287 g/mol. The number of likely N-dealkylation sites (tertiary alicyclic amines) is 1. The van der Waals surface area contributed by atoms with Gasteiger partial charge in [-0.25, -0.2) is 5.10 Å². The van der Waals surface area contributed by atoms with Crippen molar-refractivity contribution in [1.82, 2.24) is 15.1 Å². The first-order chi connectivity index (χ1) is 10.0. The molecule has 110 valence electrons. The Morgan fingerprint density at radius 2 is 2.05 bits per heavy atom. The Kier molecular flexibility index (Phi) is 3.25. The molecule has 0 spiro atoms. The van der Waals surface area contributed by atoms with E-state index in [0.29, 0.717) is 30.3 Å². The Morgan fingerprint density at radius 3 is 2.71 bits per heavy atom. The Balaban J connectivity index is 1.91. The standard InChI is InChI=1S/C15H17N3O3/c1-2-7-15(21)8-18(9-15)14(20)12-10-5-3-4-6-11(10)13(19)17-16-12/h3-6,21H,2,7-9H2,1H3,(H,17,19). The lowest BCUT2D eigenvalue weighted by atomic mass is 9.89. The van der Waals surface area contributed by atoms with Crippen LogP contribution in [0.15, 0.2) is 29.1 Å². The van der Waals surface area contributed by atoms with E-state index in [0.717, 1.165) is 6.42 Å². The molecule has 21 heavy (non-hydrogen) atoms. The van der Waals surface area contributed by atoms with Crippen molar-refractivity contribution in [3.63, 3.8) is 0 Å². The number of hydrogen-bond acceptors (Lipinski definition) is 4. The molecule has 0 aliphatic carbocycles. The molecule has 2 heterocycles. The van der Waals surface area contributed by atoms with Gasteiger partial charge >= 0.3 is 0 Å². The van der Waals surface area contributed by atoms with Crippen LogP contribution in [0.25, 0.3) is 10.8 Å². The predicted octanol–water partition coefficient (Wildman–Crippen LogP) is 0.910. The van der Waals surface area contributed by atoms with Crippen LogP contribution in [0.5, 0.6) is 0 Å². The summed E-state index contributed by atoms with van der Waals surface area (Å²) in [5, 5.41) is 17.4. The number of nitrogens with zero attached hydrogens (tertiary/aromatic N) is 2. The monoisotopic (exact) mass is 287 g/mol. The molecule has 2 aromatic rings. The van der Waals surface area contributed by atoms with Crippen molar-refractivity contribution < 1.29 is 9.90 Å². The third-order valence-electron chi connectivity index (χ3n) is 3.87. The van der Waals surface area contributed by atoms with Crippen molar-refractivity contribution in [2.45, 2.75) is 25.4 Å². The molecule has 1 aromatic heterocycles. The zero-order valence-electron chi connectivity index (χ0n) is 11.8. The SMILES string of the molecule is CCCC1(O)CN(C(=O)c2n[nH]c(=O)c3ccccc23)C1. The molecular formula is C15H17N3O3. The van der Waals surface area contributed by atoms with E-state index in [1.807, 2.05) is 6.92 Å². The maximum atomic E-state index is 12.5. The van der Waals surface area contributed by atoms with Gasteiger partial charge in [0.05, 0.1) is 24.1 Å². The third-order valence-corrected chi connectivity index (χ3v) is 3.87. The molecule has 1 saturated heterocycles. The summed E-state index contributed by atoms with van der Waals surface area (Å²) in [5.41, 5.74) is -0.862. The number of benzene rings is 1. The molecule has 0 unspecified atom stereocenters. The molecular weight excluding hydrogens is 270 g/mol. The Morgan fingerprint density at radius 1 is 1.38 bits per heavy atom. The fraction of sp³-hybridized carbons (Fsp3) is 0.400. The van der Waals surface area contributed by atoms with Crippen LogP contribution < -0.4 is 5.56 Å². The van der Waals surface area contributed by atoms with Crippen LogP contribution in [0.2, 0.25) is 0 Å². The van der Waals surface area contributed by atoms with E-state index in [2.05, 4.69) is 10.2 Å². The number of amides is 1. The van der Waals surface area contributed by atoms with Crippen molar-refractivity contribution in [3.05, 3.63) is 40.3 Å². The molecule has 1 aliphatic rings. The molecule has 1 fully saturated rings. The molecule has 0 bridgehead atoms. The van der Waals surface area contributed by atoms with Gasteiger partial charge in [-0.05, 0) is 12.5 Å². The highest BCUT2D eigenvalue weighted by Gasteiger charge is 2.43. The lowest BCUT2D eigenvalue weighted by Gasteiger charge is -2.46. The van der Waals surface area contributed by atoms with Gasteiger partial charge in [0.1, 0.15) is 0 Å². The van der Waals surface area contributed by atoms with Crippen LogP contribution >= 0.6 is 0 Å². The number of aromatic amines is 1. The van der Waals surface area contributed by atoms with Crippen LogP contribution in [-0.2, 0) is 0 Å². The molecule has 1 aliphatic heterocycles. The second-order valence-electron chi connectivity index (χ2n) is 5.58. The number of carbonyl (C=O) groups excluding carboxylic acids is 1. The molecule has 1 aromatic carbocycles. The van der Waals surface area contributed by atoms with E-state index in [-0.39, 0.29) is 17.2 Å². The Bertz CT molecular complexity index is 747. The number of carbonyl (C=O) groups is 1. The summed E-state index contributed by atoms with van der Waals surface area (Å²) < 4.78 is 0. The molecule has 6 nitrogen and oxygen atoms in total. The quantitative estimate of drug-likeness (QED) is 0.878. The van der Waals surface area contributed by atoms with Gasteiger partial charge in [-0.2, -0.15) is 5.10 Å². The lowest BCUT2D eigenvalue weighted by molar-refractivity contribution is -0.0861. The smallest absolute Gasteiger partial charge is 0.275 e. The molecule has 6 heteroatoms. The minimum absolute atomic E-state index is 0.226. The number of hydrogen-bond donors (Lipinski definition) is 2. The van der Waals surface area contributed by atoms with Crippen LogP contribution in [0.1, 0.15) is 30.3 Å². The van der Waals surface area contributed by atoms with Crippen LogP contribution in [-0.4, -0.2) is 44.8 Å². The number of H-pyrrole nitrogens is 1. The lowest BCUT2D eigenvalue weighted by Crippen LogP contribution is -2.63. The number of nitrogens with one attached hydrogen (secondary N) is 1. The minimum Gasteiger partial charge on any atom is -0.386 e. The Labute approximate surface area is 121 Å². The maximum absolute atomic E-state index is 12.5. The van der Waals surface area contributed by atoms with Gasteiger partial charge in [0, 0.05) is 5.39 Å². The predicted molar refractivity (Wildman–Crippen MR) is 78.1 cm³/mol. The second-order valence-corrected chi connectivity index (χ2v) is 5.58. The van der Waals surface area contributed by atoms with Crippen LogP contribution in [0, 0.1) is 0 Å². The molecule has 0 radical (unpaired) electrons. The van der Waals surface area contributed by atoms with E-state index in [9.17, 15) is 14.7 Å². The first kappa shape index (κ1) is 13.8. The number of aliphatic hydroxyl groups is 1. The van der Waals surface area contributed by atoms with E-state index in [1.165, 1.54) is 0 Å². The third kappa shape index (κ3) is 2.31. The topological polar surface area (TPSA) is 86.3 Å². The minimum atomic E-state index is -0.775. The fourth-order valence-corrected chi connectivity index (χ4v) is 2.86. The van der Waals surface area contributed by atoms with Gasteiger partial charge in [0.15, 0.2) is 5.69 Å². The highest BCUT2D eigenvalue weighted by atomic mass is 16.3. The summed E-state index contributed by atoms with van der Waals surface area (Å²) in [4.78, 5) is 25.7. The van der Waals surface area contributed by atoms with E-state index >= 15 is 0 Å². The van der Waals surface area contributed by atoms with Crippen molar-refractivity contribution in [3.8, 4) is 0 Å². The van der Waals surface area contributed by atoms with Gasteiger partial charge in [-0.15, -0.1) is 0 Å². The summed E-state index contributed by atoms with van der Waals surface area (Å²) in [6.45, 7) is 2.63. The largest absolute Gasteiger partial charge is 0.386 e. The summed E-state index contributed by atoms with van der Waals surface area (Å²) in [6.07, 6.45) is 1.55. The van der Waals surface area contributed by atoms with Gasteiger partial charge in [-0.1, -0.05) is 31.5 Å². The second kappa shape index (κ2) is 4.96. The summed E-state index contributed by atoms with van der Waals surface area (Å²) in [6, 6.07) is 6.89. The maximum Gasteiger partial charge on any atom is 0.275 e. The normalized spacial score (nSPS) is 16.8. The van der Waals surface area contributed by atoms with Crippen LogP contribution in [0.4, 0.5) is 0 Å². The van der Waals surface area contributed by atoms with Gasteiger partial charge in [0.2, 0.25) is 0 Å². The first-order valence-corrected chi connectivity index (χ1v) is 7.03. The number of fused-ring (bicyclic) bond motifs is 1. The van der Waals surface area contributed by atoms with Gasteiger partial charge < -0.3 is 10.0 Å². The molecule has 3 rings (SSSR count). The van der Waals surface area contributed by atoms with Gasteiger partial charge in [0.25, 0.3) is 11.5 Å². The van der Waals surface area contributed by atoms with E-state index in [4.69, 9.17) is 0 Å². The highest BCUT2D eigenvalue weighted by Crippen LogP contribution is 2.27. The Hall–Kier alpha value is -2.21. The summed E-state index contributed by atoms with van der Waals surface area (Å²) in [7, 11) is 0. The summed E-state index contributed by atoms with van der Waals surface area (Å²) in [5.74, 6) is -0.261. The zero-order chi connectivity index (χ0) is 15.0. The molecule has 2 N–H and O–H groups in total. The molecule has 0 atom stereocenters. The van der Waals surface area contributed by atoms with Crippen LogP contribution in [0.3, 0.4) is 0 Å². The number of rotatable bonds is 3. The van der Waals surface area contributed by atoms with Crippen molar-refractivity contribution in [2.24, 2.45) is 0 Å².